The van der Waals surface area contributed by atoms with Crippen LogP contribution < -0.4 is 0 Å². The van der Waals surface area contributed by atoms with Crippen molar-refractivity contribution in [1.82, 2.24) is 19.2 Å². The standard InChI is InChI=1S/C18H20N4O3S2/c1-12-8-15(26-11-12)18(23)21-6-7-22(13(2)10-21)27(24,25)16-9-20-17-14(16)4-3-5-19-17/h3-5,8-9,11,13H,6-7,10H2,1-2H3,(H,19,20)/t13-/m1/s1. The van der Waals surface area contributed by atoms with E-state index in [1.54, 1.807) is 23.2 Å². The number of amides is 1. The van der Waals surface area contributed by atoms with Gasteiger partial charge in [-0.25, -0.2) is 13.4 Å². The van der Waals surface area contributed by atoms with Gasteiger partial charge in [-0.2, -0.15) is 4.31 Å². The Morgan fingerprint density at radius 2 is 2.19 bits per heavy atom. The molecule has 0 saturated carbocycles. The second kappa shape index (κ2) is 6.74. The smallest absolute Gasteiger partial charge is 0.264 e. The fourth-order valence-electron chi connectivity index (χ4n) is 3.45. The summed E-state index contributed by atoms with van der Waals surface area (Å²) in [6, 6.07) is 5.03. The Balaban J connectivity index is 1.57. The quantitative estimate of drug-likeness (QED) is 0.727. The number of aromatic nitrogens is 2. The van der Waals surface area contributed by atoms with Crippen LogP contribution in [0.3, 0.4) is 0 Å². The van der Waals surface area contributed by atoms with Crippen LogP contribution in [0.4, 0.5) is 0 Å². The first-order valence-electron chi connectivity index (χ1n) is 8.66. The number of hydrogen-bond acceptors (Lipinski definition) is 5. The van der Waals surface area contributed by atoms with Crippen molar-refractivity contribution in [3.8, 4) is 0 Å². The molecule has 1 saturated heterocycles. The van der Waals surface area contributed by atoms with Crippen LogP contribution in [0.25, 0.3) is 11.0 Å². The average Bonchev–Trinajstić information content (AvgIpc) is 3.27. The Kier molecular flexibility index (Phi) is 4.53. The van der Waals surface area contributed by atoms with Crippen LogP contribution in [-0.2, 0) is 10.0 Å². The molecular formula is C18H20N4O3S2. The van der Waals surface area contributed by atoms with Crippen LogP contribution in [0.1, 0.15) is 22.2 Å². The number of thiophene rings is 1. The number of nitrogens with zero attached hydrogens (tertiary/aromatic N) is 3. The first kappa shape index (κ1) is 18.1. The van der Waals surface area contributed by atoms with Gasteiger partial charge in [0.25, 0.3) is 5.91 Å². The number of rotatable bonds is 3. The Labute approximate surface area is 161 Å². The minimum absolute atomic E-state index is 0.0340. The molecule has 1 fully saturated rings. The molecule has 7 nitrogen and oxygen atoms in total. The van der Waals surface area contributed by atoms with E-state index in [9.17, 15) is 13.2 Å². The Bertz CT molecular complexity index is 1100. The van der Waals surface area contributed by atoms with E-state index in [4.69, 9.17) is 0 Å². The number of sulfonamides is 1. The Hall–Kier alpha value is -2.23. The number of aryl methyl sites for hydroxylation is 1. The molecule has 142 valence electrons. The van der Waals surface area contributed by atoms with Gasteiger partial charge in [0.05, 0.1) is 4.88 Å². The summed E-state index contributed by atoms with van der Waals surface area (Å²) >= 11 is 1.42. The van der Waals surface area contributed by atoms with Gasteiger partial charge in [-0.15, -0.1) is 11.3 Å². The number of carbonyl (C=O) groups excluding carboxylic acids is 1. The van der Waals surface area contributed by atoms with Crippen molar-refractivity contribution in [2.24, 2.45) is 0 Å². The molecule has 0 aromatic carbocycles. The van der Waals surface area contributed by atoms with E-state index in [-0.39, 0.29) is 23.4 Å². The minimum atomic E-state index is -3.68. The Morgan fingerprint density at radius 3 is 2.89 bits per heavy atom. The molecule has 9 heteroatoms. The van der Waals surface area contributed by atoms with Gasteiger partial charge in [-0.1, -0.05) is 0 Å². The van der Waals surface area contributed by atoms with Crippen LogP contribution in [0, 0.1) is 6.92 Å². The number of carbonyl (C=O) groups is 1. The molecule has 1 atom stereocenters. The van der Waals surface area contributed by atoms with E-state index in [1.165, 1.54) is 21.8 Å². The van der Waals surface area contributed by atoms with E-state index in [2.05, 4.69) is 9.97 Å². The maximum absolute atomic E-state index is 13.2. The summed E-state index contributed by atoms with van der Waals surface area (Å²) < 4.78 is 27.9. The van der Waals surface area contributed by atoms with E-state index < -0.39 is 10.0 Å². The highest BCUT2D eigenvalue weighted by Gasteiger charge is 2.36. The number of H-pyrrole nitrogens is 1. The SMILES string of the molecule is Cc1csc(C(=O)N2CCN(S(=O)(=O)c3c[nH]c4ncccc34)[C@H](C)C2)c1. The third kappa shape index (κ3) is 3.15. The third-order valence-corrected chi connectivity index (χ3v) is 7.88. The topological polar surface area (TPSA) is 86.4 Å². The van der Waals surface area contributed by atoms with E-state index >= 15 is 0 Å². The van der Waals surface area contributed by atoms with Crippen molar-refractivity contribution >= 4 is 38.3 Å². The zero-order valence-corrected chi connectivity index (χ0v) is 16.7. The molecule has 1 aliphatic heterocycles. The lowest BCUT2D eigenvalue weighted by Gasteiger charge is -2.38. The maximum atomic E-state index is 13.2. The van der Waals surface area contributed by atoms with E-state index in [0.29, 0.717) is 29.0 Å². The van der Waals surface area contributed by atoms with Crippen molar-refractivity contribution in [2.45, 2.75) is 24.8 Å². The average molecular weight is 405 g/mol. The van der Waals surface area contributed by atoms with Crippen LogP contribution in [0.15, 0.2) is 40.9 Å². The second-order valence-corrected chi connectivity index (χ2v) is 9.53. The molecule has 4 heterocycles. The molecule has 0 radical (unpaired) electrons. The zero-order chi connectivity index (χ0) is 19.2. The van der Waals surface area contributed by atoms with Crippen LogP contribution >= 0.6 is 11.3 Å². The fourth-order valence-corrected chi connectivity index (χ4v) is 6.08. The molecule has 3 aromatic heterocycles. The summed E-state index contributed by atoms with van der Waals surface area (Å²) in [5.41, 5.74) is 1.61. The van der Waals surface area contributed by atoms with Crippen LogP contribution in [0.2, 0.25) is 0 Å². The number of aromatic amines is 1. The first-order valence-corrected chi connectivity index (χ1v) is 11.0. The van der Waals surface area contributed by atoms with Gasteiger partial charge in [0.15, 0.2) is 0 Å². The van der Waals surface area contributed by atoms with Crippen LogP contribution in [0.5, 0.6) is 0 Å². The van der Waals surface area contributed by atoms with Gasteiger partial charge in [0.2, 0.25) is 10.0 Å². The lowest BCUT2D eigenvalue weighted by atomic mass is 10.2. The van der Waals surface area contributed by atoms with E-state index in [0.717, 1.165) is 5.56 Å². The van der Waals surface area contributed by atoms with Crippen molar-refractivity contribution in [2.75, 3.05) is 19.6 Å². The van der Waals surface area contributed by atoms with Crippen LogP contribution in [-0.4, -0.2) is 59.2 Å². The summed E-state index contributed by atoms with van der Waals surface area (Å²) in [6.45, 7) is 4.81. The van der Waals surface area contributed by atoms with Gasteiger partial charge in [-0.3, -0.25) is 4.79 Å². The zero-order valence-electron chi connectivity index (χ0n) is 15.0. The molecule has 0 unspecified atom stereocenters. The van der Waals surface area contributed by atoms with Crippen molar-refractivity contribution in [3.05, 3.63) is 46.4 Å². The monoisotopic (exact) mass is 404 g/mol. The summed E-state index contributed by atoms with van der Waals surface area (Å²) in [4.78, 5) is 22.4. The molecule has 0 spiro atoms. The number of nitrogens with one attached hydrogen (secondary N) is 1. The van der Waals surface area contributed by atoms with Gasteiger partial charge in [-0.05, 0) is 43.0 Å². The van der Waals surface area contributed by atoms with Gasteiger partial charge < -0.3 is 9.88 Å². The largest absolute Gasteiger partial charge is 0.345 e. The molecule has 1 aliphatic rings. The highest BCUT2D eigenvalue weighted by molar-refractivity contribution is 7.89. The minimum Gasteiger partial charge on any atom is -0.345 e. The molecule has 27 heavy (non-hydrogen) atoms. The van der Waals surface area contributed by atoms with Crippen molar-refractivity contribution < 1.29 is 13.2 Å². The first-order chi connectivity index (χ1) is 12.9. The molecule has 1 amide bonds. The predicted octanol–water partition coefficient (Wildman–Crippen LogP) is 2.47. The molecule has 4 rings (SSSR count). The van der Waals surface area contributed by atoms with Gasteiger partial charge in [0, 0.05) is 43.5 Å². The predicted molar refractivity (Wildman–Crippen MR) is 104 cm³/mol. The molecule has 3 aromatic rings. The molecule has 1 N–H and O–H groups in total. The molecule has 0 aliphatic carbocycles. The van der Waals surface area contributed by atoms with E-state index in [1.807, 2.05) is 25.3 Å². The summed E-state index contributed by atoms with van der Waals surface area (Å²) in [7, 11) is -3.68. The number of pyridine rings is 1. The maximum Gasteiger partial charge on any atom is 0.264 e. The summed E-state index contributed by atoms with van der Waals surface area (Å²) in [6.07, 6.45) is 3.11. The fraction of sp³-hybridized carbons (Fsp3) is 0.333. The molecular weight excluding hydrogens is 384 g/mol. The highest BCUT2D eigenvalue weighted by atomic mass is 32.2. The van der Waals surface area contributed by atoms with Crippen molar-refractivity contribution in [3.63, 3.8) is 0 Å². The third-order valence-electron chi connectivity index (χ3n) is 4.79. The van der Waals surface area contributed by atoms with Gasteiger partial charge >= 0.3 is 0 Å². The van der Waals surface area contributed by atoms with Gasteiger partial charge in [0.1, 0.15) is 10.5 Å². The summed E-state index contributed by atoms with van der Waals surface area (Å²) in [5, 5.41) is 2.53. The Morgan fingerprint density at radius 1 is 1.37 bits per heavy atom. The lowest BCUT2D eigenvalue weighted by molar-refractivity contribution is 0.0647. The van der Waals surface area contributed by atoms with Crippen molar-refractivity contribution in [1.29, 1.82) is 0 Å². The number of fused-ring (bicyclic) bond motifs is 1. The number of hydrogen-bond donors (Lipinski definition) is 1. The highest BCUT2D eigenvalue weighted by Crippen LogP contribution is 2.28. The lowest BCUT2D eigenvalue weighted by Crippen LogP contribution is -2.55. The second-order valence-electron chi connectivity index (χ2n) is 6.76. The number of piperazine rings is 1. The normalized spacial score (nSPS) is 18.9. The molecule has 0 bridgehead atoms. The summed E-state index contributed by atoms with van der Waals surface area (Å²) in [5.74, 6) is -0.0340.